The van der Waals surface area contributed by atoms with E-state index in [2.05, 4.69) is 15.3 Å². The van der Waals surface area contributed by atoms with Crippen molar-refractivity contribution in [3.63, 3.8) is 0 Å². The first kappa shape index (κ1) is 24.2. The first-order valence-electron chi connectivity index (χ1n) is 12.1. The number of amides is 3. The second-order valence-corrected chi connectivity index (χ2v) is 9.06. The molecule has 1 atom stereocenters. The maximum atomic E-state index is 13.2. The number of nitrogens with one attached hydrogen (secondary N) is 1. The molecule has 1 fully saturated rings. The van der Waals surface area contributed by atoms with E-state index in [9.17, 15) is 14.4 Å². The van der Waals surface area contributed by atoms with Gasteiger partial charge in [-0.3, -0.25) is 19.3 Å². The van der Waals surface area contributed by atoms with Gasteiger partial charge in [0.1, 0.15) is 17.6 Å². The minimum atomic E-state index is -0.880. The smallest absolute Gasteiger partial charge is 0.262 e. The average molecular weight is 501 g/mol. The summed E-state index contributed by atoms with van der Waals surface area (Å²) < 4.78 is 5.21. The summed E-state index contributed by atoms with van der Waals surface area (Å²) in [4.78, 5) is 52.9. The van der Waals surface area contributed by atoms with E-state index in [0.717, 1.165) is 22.0 Å². The second kappa shape index (κ2) is 9.88. The Morgan fingerprint density at radius 1 is 0.946 bits per heavy atom. The molecule has 0 spiro atoms. The standard InChI is InChI=1S/C27H28N6O4/c1-17-16-23(29-19-8-10-20(37-3)11-9-19)30-27(28-17)32-14-12-31(13-15-32)24(34)18(2)33-25(35)21-6-4-5-7-22(21)26(33)36/h4-11,16,18H,12-15H2,1-3H3,(H,28,29,30). The van der Waals surface area contributed by atoms with Crippen LogP contribution in [-0.4, -0.2) is 76.8 Å². The van der Waals surface area contributed by atoms with Crippen LogP contribution in [0.4, 0.5) is 17.5 Å². The third-order valence-electron chi connectivity index (χ3n) is 6.65. The van der Waals surface area contributed by atoms with Crippen molar-refractivity contribution in [1.29, 1.82) is 0 Å². The molecule has 0 radical (unpaired) electrons. The molecule has 190 valence electrons. The Morgan fingerprint density at radius 2 is 1.57 bits per heavy atom. The van der Waals surface area contributed by atoms with Crippen LogP contribution in [0, 0.1) is 6.92 Å². The normalized spacial score (nSPS) is 16.0. The van der Waals surface area contributed by atoms with Crippen LogP contribution in [0.1, 0.15) is 33.3 Å². The second-order valence-electron chi connectivity index (χ2n) is 9.06. The largest absolute Gasteiger partial charge is 0.497 e. The lowest BCUT2D eigenvalue weighted by Crippen LogP contribution is -2.55. The summed E-state index contributed by atoms with van der Waals surface area (Å²) >= 11 is 0. The Balaban J connectivity index is 1.23. The van der Waals surface area contributed by atoms with Gasteiger partial charge >= 0.3 is 0 Å². The lowest BCUT2D eigenvalue weighted by Gasteiger charge is -2.37. The number of nitrogens with zero attached hydrogens (tertiary/aromatic N) is 5. The predicted molar refractivity (Wildman–Crippen MR) is 138 cm³/mol. The van der Waals surface area contributed by atoms with Crippen LogP contribution in [-0.2, 0) is 4.79 Å². The number of benzene rings is 2. The molecule has 5 rings (SSSR count). The summed E-state index contributed by atoms with van der Waals surface area (Å²) in [6.45, 7) is 5.46. The van der Waals surface area contributed by atoms with Crippen LogP contribution in [0.2, 0.25) is 0 Å². The Morgan fingerprint density at radius 3 is 2.16 bits per heavy atom. The number of carbonyl (C=O) groups excluding carboxylic acids is 3. The van der Waals surface area contributed by atoms with Crippen LogP contribution < -0.4 is 15.0 Å². The highest BCUT2D eigenvalue weighted by Crippen LogP contribution is 2.26. The maximum Gasteiger partial charge on any atom is 0.262 e. The van der Waals surface area contributed by atoms with Gasteiger partial charge in [0, 0.05) is 43.6 Å². The minimum Gasteiger partial charge on any atom is -0.497 e. The van der Waals surface area contributed by atoms with Gasteiger partial charge in [0.2, 0.25) is 11.9 Å². The predicted octanol–water partition coefficient (Wildman–Crippen LogP) is 2.87. The molecule has 1 N–H and O–H groups in total. The summed E-state index contributed by atoms with van der Waals surface area (Å²) in [5, 5.41) is 3.30. The monoisotopic (exact) mass is 500 g/mol. The Hall–Kier alpha value is -4.47. The molecule has 3 amide bonds. The highest BCUT2D eigenvalue weighted by molar-refractivity contribution is 6.22. The fraction of sp³-hybridized carbons (Fsp3) is 0.296. The van der Waals surface area contributed by atoms with Crippen molar-refractivity contribution < 1.29 is 19.1 Å². The van der Waals surface area contributed by atoms with Crippen LogP contribution in [0.25, 0.3) is 0 Å². The van der Waals surface area contributed by atoms with Crippen LogP contribution in [0.15, 0.2) is 54.6 Å². The van der Waals surface area contributed by atoms with E-state index in [1.54, 1.807) is 43.2 Å². The van der Waals surface area contributed by atoms with E-state index in [4.69, 9.17) is 4.74 Å². The van der Waals surface area contributed by atoms with Gasteiger partial charge in [-0.2, -0.15) is 4.98 Å². The van der Waals surface area contributed by atoms with Crippen LogP contribution >= 0.6 is 0 Å². The molecule has 1 saturated heterocycles. The number of carbonyl (C=O) groups is 3. The number of rotatable bonds is 6. The zero-order chi connectivity index (χ0) is 26.1. The van der Waals surface area contributed by atoms with Gasteiger partial charge in [-0.05, 0) is 50.2 Å². The molecule has 3 heterocycles. The topological polar surface area (TPSA) is 108 Å². The molecule has 0 bridgehead atoms. The molecule has 37 heavy (non-hydrogen) atoms. The molecule has 1 unspecified atom stereocenters. The lowest BCUT2D eigenvalue weighted by atomic mass is 10.1. The molecule has 0 aliphatic carbocycles. The van der Waals surface area contributed by atoms with Crippen molar-refractivity contribution in [3.05, 3.63) is 71.4 Å². The average Bonchev–Trinajstić information content (AvgIpc) is 3.17. The van der Waals surface area contributed by atoms with Crippen LogP contribution in [0.3, 0.4) is 0 Å². The molecule has 2 aliphatic rings. The lowest BCUT2D eigenvalue weighted by molar-refractivity contribution is -0.135. The molecule has 10 nitrogen and oxygen atoms in total. The van der Waals surface area contributed by atoms with E-state index < -0.39 is 17.9 Å². The number of hydrogen-bond donors (Lipinski definition) is 1. The number of piperazine rings is 1. The first-order valence-corrected chi connectivity index (χ1v) is 12.1. The van der Waals surface area contributed by atoms with Crippen molar-refractivity contribution in [2.75, 3.05) is 43.5 Å². The Kier molecular flexibility index (Phi) is 6.47. The van der Waals surface area contributed by atoms with Gasteiger partial charge in [-0.25, -0.2) is 4.98 Å². The number of imide groups is 1. The summed E-state index contributed by atoms with van der Waals surface area (Å²) in [6.07, 6.45) is 0. The van der Waals surface area contributed by atoms with Gasteiger partial charge in [-0.1, -0.05) is 12.1 Å². The zero-order valence-electron chi connectivity index (χ0n) is 21.0. The molecule has 3 aromatic rings. The number of fused-ring (bicyclic) bond motifs is 1. The van der Waals surface area contributed by atoms with Gasteiger partial charge in [0.15, 0.2) is 0 Å². The highest BCUT2D eigenvalue weighted by atomic mass is 16.5. The van der Waals surface area contributed by atoms with Crippen molar-refractivity contribution in [3.8, 4) is 5.75 Å². The summed E-state index contributed by atoms with van der Waals surface area (Å²) in [5.41, 5.74) is 2.38. The van der Waals surface area contributed by atoms with E-state index in [1.807, 2.05) is 42.2 Å². The Bertz CT molecular complexity index is 1320. The fourth-order valence-corrected chi connectivity index (χ4v) is 4.64. The maximum absolute atomic E-state index is 13.2. The molecule has 2 aromatic carbocycles. The van der Waals surface area contributed by atoms with Gasteiger partial charge in [0.25, 0.3) is 11.8 Å². The first-order chi connectivity index (χ1) is 17.9. The van der Waals surface area contributed by atoms with E-state index in [0.29, 0.717) is 49.1 Å². The van der Waals surface area contributed by atoms with Crippen molar-refractivity contribution in [2.24, 2.45) is 0 Å². The molecule has 2 aliphatic heterocycles. The van der Waals surface area contributed by atoms with Gasteiger partial charge in [0.05, 0.1) is 18.2 Å². The van der Waals surface area contributed by atoms with Crippen molar-refractivity contribution in [2.45, 2.75) is 19.9 Å². The fourth-order valence-electron chi connectivity index (χ4n) is 4.64. The number of hydrogen-bond acceptors (Lipinski definition) is 8. The number of aryl methyl sites for hydroxylation is 1. The molecular formula is C27H28N6O4. The van der Waals surface area contributed by atoms with E-state index >= 15 is 0 Å². The van der Waals surface area contributed by atoms with Gasteiger partial charge < -0.3 is 19.9 Å². The summed E-state index contributed by atoms with van der Waals surface area (Å²) in [7, 11) is 1.63. The summed E-state index contributed by atoms with van der Waals surface area (Å²) in [6, 6.07) is 15.2. The van der Waals surface area contributed by atoms with E-state index in [1.165, 1.54) is 0 Å². The quantitative estimate of drug-likeness (QED) is 0.515. The van der Waals surface area contributed by atoms with Crippen molar-refractivity contribution in [1.82, 2.24) is 19.8 Å². The third kappa shape index (κ3) is 4.69. The zero-order valence-corrected chi connectivity index (χ0v) is 21.0. The number of ether oxygens (including phenoxy) is 1. The molecule has 1 aromatic heterocycles. The molecule has 10 heteroatoms. The summed E-state index contributed by atoms with van der Waals surface area (Å²) in [5.74, 6) is 0.924. The molecular weight excluding hydrogens is 472 g/mol. The van der Waals surface area contributed by atoms with Gasteiger partial charge in [-0.15, -0.1) is 0 Å². The number of anilines is 3. The molecule has 0 saturated carbocycles. The minimum absolute atomic E-state index is 0.249. The highest BCUT2D eigenvalue weighted by Gasteiger charge is 2.42. The van der Waals surface area contributed by atoms with Crippen LogP contribution in [0.5, 0.6) is 5.75 Å². The van der Waals surface area contributed by atoms with Crippen molar-refractivity contribution >= 4 is 35.2 Å². The number of aromatic nitrogens is 2. The SMILES string of the molecule is COc1ccc(Nc2cc(C)nc(N3CCN(C(=O)C(C)N4C(=O)c5ccccc5C4=O)CC3)n2)cc1. The third-order valence-corrected chi connectivity index (χ3v) is 6.65. The van der Waals surface area contributed by atoms with E-state index in [-0.39, 0.29) is 5.91 Å². The Labute approximate surface area is 214 Å². The number of methoxy groups -OCH3 is 1.